The van der Waals surface area contributed by atoms with E-state index in [1.807, 2.05) is 24.3 Å². The highest BCUT2D eigenvalue weighted by Crippen LogP contribution is 2.39. The molecule has 3 aromatic rings. The van der Waals surface area contributed by atoms with Crippen LogP contribution in [-0.4, -0.2) is 6.61 Å². The number of hydrogen-bond donors (Lipinski definition) is 0. The number of rotatable bonds is 7. The normalized spacial score (nSPS) is 18.2. The highest BCUT2D eigenvalue weighted by Gasteiger charge is 2.25. The van der Waals surface area contributed by atoms with Gasteiger partial charge in [-0.1, -0.05) is 60.7 Å². The molecule has 3 aromatic carbocycles. The zero-order valence-corrected chi connectivity index (χ0v) is 19.4. The van der Waals surface area contributed by atoms with Crippen molar-refractivity contribution in [3.8, 4) is 16.9 Å². The molecular weight excluding hydrogens is 433 g/mol. The first-order valence-electron chi connectivity index (χ1n) is 11.8. The standard InChI is InChI=1S/C30H29F3O/c1-3-20-7-12-23(13-8-20)25-16-17-26(30(33)29(25)32)24-14-9-21(10-15-24)5-6-22-11-18-28(34-4-2)27(31)19-22/h3,5-6,9-11,14-20,23H,1,4,7-8,12-13H2,2H3. The number of ether oxygens (including phenoxy) is 1. The van der Waals surface area contributed by atoms with Crippen molar-refractivity contribution in [1.82, 2.24) is 0 Å². The van der Waals surface area contributed by atoms with Crippen LogP contribution >= 0.6 is 0 Å². The Hall–Kier alpha value is -3.27. The molecule has 176 valence electrons. The molecule has 0 radical (unpaired) electrons. The highest BCUT2D eigenvalue weighted by molar-refractivity contribution is 5.72. The zero-order valence-electron chi connectivity index (χ0n) is 19.4. The number of allylic oxidation sites excluding steroid dienone is 1. The average Bonchev–Trinajstić information content (AvgIpc) is 2.86. The van der Waals surface area contributed by atoms with Gasteiger partial charge in [-0.25, -0.2) is 13.2 Å². The smallest absolute Gasteiger partial charge is 0.166 e. The molecule has 0 aliphatic heterocycles. The van der Waals surface area contributed by atoms with E-state index < -0.39 is 17.5 Å². The van der Waals surface area contributed by atoms with E-state index in [1.54, 1.807) is 49.4 Å². The lowest BCUT2D eigenvalue weighted by atomic mass is 9.78. The average molecular weight is 463 g/mol. The molecule has 1 saturated carbocycles. The molecule has 34 heavy (non-hydrogen) atoms. The maximum atomic E-state index is 15.0. The Balaban J connectivity index is 1.48. The molecule has 1 nitrogen and oxygen atoms in total. The summed E-state index contributed by atoms with van der Waals surface area (Å²) in [5, 5.41) is 0. The molecule has 1 aliphatic carbocycles. The fourth-order valence-corrected chi connectivity index (χ4v) is 4.63. The highest BCUT2D eigenvalue weighted by atomic mass is 19.2. The monoisotopic (exact) mass is 462 g/mol. The van der Waals surface area contributed by atoms with Crippen molar-refractivity contribution in [3.05, 3.63) is 101 Å². The van der Waals surface area contributed by atoms with Crippen LogP contribution in [0.15, 0.2) is 67.3 Å². The summed E-state index contributed by atoms with van der Waals surface area (Å²) in [5.41, 5.74) is 2.92. The van der Waals surface area contributed by atoms with Crippen molar-refractivity contribution in [3.63, 3.8) is 0 Å². The van der Waals surface area contributed by atoms with E-state index in [-0.39, 0.29) is 17.2 Å². The molecule has 0 bridgehead atoms. The lowest BCUT2D eigenvalue weighted by Crippen LogP contribution is -2.13. The van der Waals surface area contributed by atoms with Gasteiger partial charge >= 0.3 is 0 Å². The van der Waals surface area contributed by atoms with Gasteiger partial charge in [-0.3, -0.25) is 0 Å². The summed E-state index contributed by atoms with van der Waals surface area (Å²) in [4.78, 5) is 0. The molecule has 0 saturated heterocycles. The summed E-state index contributed by atoms with van der Waals surface area (Å²) in [6.07, 6.45) is 9.25. The molecule has 1 aliphatic rings. The van der Waals surface area contributed by atoms with Crippen LogP contribution in [0.5, 0.6) is 5.75 Å². The van der Waals surface area contributed by atoms with Crippen molar-refractivity contribution in [1.29, 1.82) is 0 Å². The second-order valence-corrected chi connectivity index (χ2v) is 8.76. The predicted octanol–water partition coefficient (Wildman–Crippen LogP) is 8.80. The van der Waals surface area contributed by atoms with Gasteiger partial charge in [0.15, 0.2) is 23.2 Å². The number of halogens is 3. The van der Waals surface area contributed by atoms with Crippen molar-refractivity contribution in [2.75, 3.05) is 6.61 Å². The summed E-state index contributed by atoms with van der Waals surface area (Å²) in [7, 11) is 0. The SMILES string of the molecule is C=CC1CCC(c2ccc(-c3ccc(C=Cc4ccc(OCC)c(F)c4)cc3)c(F)c2F)CC1. The van der Waals surface area contributed by atoms with Crippen LogP contribution in [-0.2, 0) is 0 Å². The maximum absolute atomic E-state index is 15.0. The van der Waals surface area contributed by atoms with Gasteiger partial charge in [0.2, 0.25) is 0 Å². The molecule has 0 amide bonds. The summed E-state index contributed by atoms with van der Waals surface area (Å²) in [5.74, 6) is -1.18. The number of benzene rings is 3. The molecule has 0 N–H and O–H groups in total. The first kappa shape index (κ1) is 23.9. The Morgan fingerprint density at radius 3 is 2.18 bits per heavy atom. The second-order valence-electron chi connectivity index (χ2n) is 8.76. The second kappa shape index (κ2) is 10.8. The zero-order chi connectivity index (χ0) is 24.1. The Kier molecular flexibility index (Phi) is 7.56. The Bertz CT molecular complexity index is 1170. The van der Waals surface area contributed by atoms with Crippen LogP contribution < -0.4 is 4.74 Å². The van der Waals surface area contributed by atoms with E-state index >= 15 is 0 Å². The van der Waals surface area contributed by atoms with Crippen LogP contribution in [0.3, 0.4) is 0 Å². The van der Waals surface area contributed by atoms with Gasteiger partial charge < -0.3 is 4.74 Å². The van der Waals surface area contributed by atoms with Gasteiger partial charge in [-0.2, -0.15) is 0 Å². The lowest BCUT2D eigenvalue weighted by Gasteiger charge is -2.27. The Labute approximate surface area is 199 Å². The fraction of sp³-hybridized carbons (Fsp3) is 0.267. The van der Waals surface area contributed by atoms with Gasteiger partial charge in [-0.05, 0) is 78.8 Å². The first-order chi connectivity index (χ1) is 16.5. The minimum atomic E-state index is -0.795. The van der Waals surface area contributed by atoms with E-state index in [0.29, 0.717) is 29.2 Å². The van der Waals surface area contributed by atoms with Crippen LogP contribution in [0, 0.1) is 23.4 Å². The molecule has 0 spiro atoms. The van der Waals surface area contributed by atoms with Gasteiger partial charge in [0.25, 0.3) is 0 Å². The quantitative estimate of drug-likeness (QED) is 0.252. The summed E-state index contributed by atoms with van der Waals surface area (Å²) < 4.78 is 49.2. The molecule has 0 aromatic heterocycles. The van der Waals surface area contributed by atoms with Crippen LogP contribution in [0.25, 0.3) is 23.3 Å². The van der Waals surface area contributed by atoms with E-state index in [9.17, 15) is 13.2 Å². The van der Waals surface area contributed by atoms with Crippen molar-refractivity contribution in [2.45, 2.75) is 38.5 Å². The van der Waals surface area contributed by atoms with Gasteiger partial charge in [0, 0.05) is 5.56 Å². The predicted molar refractivity (Wildman–Crippen MR) is 133 cm³/mol. The summed E-state index contributed by atoms with van der Waals surface area (Å²) in [6, 6.07) is 15.4. The molecule has 4 heteroatoms. The molecular formula is C30H29F3O. The summed E-state index contributed by atoms with van der Waals surface area (Å²) in [6.45, 7) is 6.06. The van der Waals surface area contributed by atoms with Crippen LogP contribution in [0.1, 0.15) is 55.2 Å². The largest absolute Gasteiger partial charge is 0.491 e. The van der Waals surface area contributed by atoms with Crippen molar-refractivity contribution >= 4 is 12.2 Å². The van der Waals surface area contributed by atoms with Gasteiger partial charge in [0.1, 0.15) is 0 Å². The molecule has 4 rings (SSSR count). The third-order valence-corrected chi connectivity index (χ3v) is 6.60. The lowest BCUT2D eigenvalue weighted by molar-refractivity contribution is 0.321. The van der Waals surface area contributed by atoms with Gasteiger partial charge in [-0.15, -0.1) is 6.58 Å². The van der Waals surface area contributed by atoms with Crippen molar-refractivity contribution in [2.24, 2.45) is 5.92 Å². The Morgan fingerprint density at radius 2 is 1.53 bits per heavy atom. The topological polar surface area (TPSA) is 9.23 Å². The van der Waals surface area contributed by atoms with Crippen molar-refractivity contribution < 1.29 is 17.9 Å². The van der Waals surface area contributed by atoms with Crippen LogP contribution in [0.4, 0.5) is 13.2 Å². The third kappa shape index (κ3) is 5.27. The van der Waals surface area contributed by atoms with E-state index in [4.69, 9.17) is 4.74 Å². The minimum absolute atomic E-state index is 0.0553. The van der Waals surface area contributed by atoms with E-state index in [1.165, 1.54) is 6.07 Å². The summed E-state index contributed by atoms with van der Waals surface area (Å²) >= 11 is 0. The molecule has 1 fully saturated rings. The Morgan fingerprint density at radius 1 is 0.853 bits per heavy atom. The van der Waals surface area contributed by atoms with Crippen LogP contribution in [0.2, 0.25) is 0 Å². The van der Waals surface area contributed by atoms with E-state index in [0.717, 1.165) is 31.2 Å². The minimum Gasteiger partial charge on any atom is -0.491 e. The van der Waals surface area contributed by atoms with E-state index in [2.05, 4.69) is 6.58 Å². The van der Waals surface area contributed by atoms with Gasteiger partial charge in [0.05, 0.1) is 6.61 Å². The number of hydrogen-bond acceptors (Lipinski definition) is 1. The third-order valence-electron chi connectivity index (χ3n) is 6.60. The molecule has 0 heterocycles. The molecule has 0 atom stereocenters. The fourth-order valence-electron chi connectivity index (χ4n) is 4.63. The molecule has 0 unspecified atom stereocenters. The maximum Gasteiger partial charge on any atom is 0.166 e. The first-order valence-corrected chi connectivity index (χ1v) is 11.8.